The lowest BCUT2D eigenvalue weighted by Gasteiger charge is -2.46. The van der Waals surface area contributed by atoms with E-state index in [4.69, 9.17) is 0 Å². The average molecular weight is 345 g/mol. The number of hydrogen-bond acceptors (Lipinski definition) is 4. The SMILES string of the molecule is CCCCC1C2=C(CC(C)(C)CC2=O)N(O)C2=C1C(=O)CC(C)(C)C2. The van der Waals surface area contributed by atoms with E-state index in [0.717, 1.165) is 30.7 Å². The number of hydroxylamine groups is 2. The number of rotatable bonds is 3. The summed E-state index contributed by atoms with van der Waals surface area (Å²) < 4.78 is 0. The molecule has 0 aromatic rings. The normalized spacial score (nSPS) is 26.1. The number of nitrogens with zero attached hydrogens (tertiary/aromatic N) is 1. The highest BCUT2D eigenvalue weighted by atomic mass is 16.5. The van der Waals surface area contributed by atoms with Gasteiger partial charge in [0, 0.05) is 29.9 Å². The van der Waals surface area contributed by atoms with Crippen LogP contribution in [0.4, 0.5) is 0 Å². The topological polar surface area (TPSA) is 57.6 Å². The van der Waals surface area contributed by atoms with Crippen molar-refractivity contribution in [3.05, 3.63) is 22.5 Å². The molecule has 1 N–H and O–H groups in total. The van der Waals surface area contributed by atoms with Gasteiger partial charge in [0.1, 0.15) is 0 Å². The lowest BCUT2D eigenvalue weighted by atomic mass is 9.64. The maximum absolute atomic E-state index is 12.9. The maximum atomic E-state index is 12.9. The molecule has 0 saturated carbocycles. The monoisotopic (exact) mass is 345 g/mol. The molecular formula is C21H31NO3. The standard InChI is InChI=1S/C21H31NO3/c1-6-7-8-13-18-14(9-20(2,3)11-16(18)23)22(25)15-10-21(4,5)12-17(24)19(13)15/h13,25H,6-12H2,1-5H3. The second-order valence-corrected chi connectivity index (χ2v) is 9.61. The zero-order valence-corrected chi connectivity index (χ0v) is 16.2. The molecule has 2 aliphatic carbocycles. The van der Waals surface area contributed by atoms with Crippen LogP contribution in [0.1, 0.15) is 79.6 Å². The van der Waals surface area contributed by atoms with Gasteiger partial charge in [0.15, 0.2) is 11.6 Å². The summed E-state index contributed by atoms with van der Waals surface area (Å²) in [6.45, 7) is 10.4. The van der Waals surface area contributed by atoms with E-state index in [1.807, 2.05) is 0 Å². The second-order valence-electron chi connectivity index (χ2n) is 9.61. The van der Waals surface area contributed by atoms with Crippen LogP contribution < -0.4 is 0 Å². The number of ketones is 2. The van der Waals surface area contributed by atoms with Crippen molar-refractivity contribution in [2.75, 3.05) is 0 Å². The Kier molecular flexibility index (Phi) is 4.47. The second kappa shape index (κ2) is 6.08. The summed E-state index contributed by atoms with van der Waals surface area (Å²) in [5.74, 6) is 0.0896. The fourth-order valence-electron chi connectivity index (χ4n) is 4.78. The zero-order valence-electron chi connectivity index (χ0n) is 16.2. The number of unbranched alkanes of at least 4 members (excludes halogenated alkanes) is 1. The molecule has 0 atom stereocenters. The van der Waals surface area contributed by atoms with Crippen molar-refractivity contribution in [2.24, 2.45) is 16.7 Å². The molecule has 0 fully saturated rings. The zero-order chi connectivity index (χ0) is 18.6. The predicted octanol–water partition coefficient (Wildman–Crippen LogP) is 4.78. The predicted molar refractivity (Wildman–Crippen MR) is 96.7 cm³/mol. The van der Waals surface area contributed by atoms with Gasteiger partial charge in [-0.25, -0.2) is 5.06 Å². The first-order chi connectivity index (χ1) is 11.6. The van der Waals surface area contributed by atoms with E-state index < -0.39 is 0 Å². The van der Waals surface area contributed by atoms with Gasteiger partial charge in [0.2, 0.25) is 0 Å². The van der Waals surface area contributed by atoms with Crippen molar-refractivity contribution in [3.8, 4) is 0 Å². The summed E-state index contributed by atoms with van der Waals surface area (Å²) in [5.41, 5.74) is 2.60. The van der Waals surface area contributed by atoms with Crippen LogP contribution in [-0.2, 0) is 9.59 Å². The highest BCUT2D eigenvalue weighted by Crippen LogP contribution is 2.51. The Hall–Kier alpha value is -1.42. The van der Waals surface area contributed by atoms with Gasteiger partial charge >= 0.3 is 0 Å². The van der Waals surface area contributed by atoms with E-state index in [-0.39, 0.29) is 28.3 Å². The fraction of sp³-hybridized carbons (Fsp3) is 0.714. The van der Waals surface area contributed by atoms with E-state index in [9.17, 15) is 14.8 Å². The quantitative estimate of drug-likeness (QED) is 0.799. The Labute approximate surface area is 150 Å². The molecule has 0 amide bonds. The molecule has 0 spiro atoms. The van der Waals surface area contributed by atoms with Gasteiger partial charge < -0.3 is 0 Å². The van der Waals surface area contributed by atoms with Gasteiger partial charge in [0.25, 0.3) is 0 Å². The highest BCUT2D eigenvalue weighted by molar-refractivity contribution is 6.05. The van der Waals surface area contributed by atoms with Crippen LogP contribution in [-0.4, -0.2) is 21.8 Å². The largest absolute Gasteiger partial charge is 0.294 e. The Morgan fingerprint density at radius 2 is 1.36 bits per heavy atom. The number of carbonyl (C=O) groups excluding carboxylic acids is 2. The molecule has 3 rings (SSSR count). The summed E-state index contributed by atoms with van der Waals surface area (Å²) in [7, 11) is 0. The minimum absolute atomic E-state index is 0.107. The van der Waals surface area contributed by atoms with Gasteiger partial charge in [-0.1, -0.05) is 47.5 Å². The molecule has 1 heterocycles. The van der Waals surface area contributed by atoms with Crippen LogP contribution in [0.25, 0.3) is 0 Å². The van der Waals surface area contributed by atoms with E-state index >= 15 is 0 Å². The van der Waals surface area contributed by atoms with Crippen molar-refractivity contribution in [2.45, 2.75) is 79.6 Å². The summed E-state index contributed by atoms with van der Waals surface area (Å²) >= 11 is 0. The Morgan fingerprint density at radius 3 is 1.76 bits per heavy atom. The molecule has 0 saturated heterocycles. The average Bonchev–Trinajstić information content (AvgIpc) is 2.46. The van der Waals surface area contributed by atoms with E-state index in [2.05, 4.69) is 34.6 Å². The van der Waals surface area contributed by atoms with Crippen LogP contribution in [0.3, 0.4) is 0 Å². The fourth-order valence-corrected chi connectivity index (χ4v) is 4.78. The van der Waals surface area contributed by atoms with Crippen LogP contribution >= 0.6 is 0 Å². The van der Waals surface area contributed by atoms with E-state index in [1.165, 1.54) is 5.06 Å². The van der Waals surface area contributed by atoms with Crippen molar-refractivity contribution >= 4 is 11.6 Å². The third kappa shape index (κ3) is 3.21. The third-order valence-corrected chi connectivity index (χ3v) is 5.85. The minimum atomic E-state index is -0.154. The molecule has 0 aromatic carbocycles. The molecule has 0 unspecified atom stereocenters. The lowest BCUT2D eigenvalue weighted by molar-refractivity contribution is -0.123. The first-order valence-corrected chi connectivity index (χ1v) is 9.58. The van der Waals surface area contributed by atoms with Crippen molar-refractivity contribution in [3.63, 3.8) is 0 Å². The number of allylic oxidation sites excluding steroid dienone is 4. The molecule has 4 heteroatoms. The van der Waals surface area contributed by atoms with Crippen molar-refractivity contribution in [1.82, 2.24) is 5.06 Å². The van der Waals surface area contributed by atoms with Crippen molar-refractivity contribution in [1.29, 1.82) is 0 Å². The molecule has 0 radical (unpaired) electrons. The molecular weight excluding hydrogens is 314 g/mol. The van der Waals surface area contributed by atoms with Crippen LogP contribution in [0, 0.1) is 16.7 Å². The van der Waals surface area contributed by atoms with Crippen LogP contribution in [0.15, 0.2) is 22.5 Å². The first-order valence-electron chi connectivity index (χ1n) is 9.58. The summed E-state index contributed by atoms with van der Waals surface area (Å²) in [4.78, 5) is 25.9. The highest BCUT2D eigenvalue weighted by Gasteiger charge is 2.48. The van der Waals surface area contributed by atoms with E-state index in [0.29, 0.717) is 36.8 Å². The molecule has 1 aliphatic heterocycles. The molecule has 25 heavy (non-hydrogen) atoms. The lowest BCUT2D eigenvalue weighted by Crippen LogP contribution is -2.44. The molecule has 138 valence electrons. The maximum Gasteiger partial charge on any atom is 0.161 e. The smallest absolute Gasteiger partial charge is 0.161 e. The molecule has 4 nitrogen and oxygen atoms in total. The Balaban J connectivity index is 2.12. The number of carbonyl (C=O) groups is 2. The van der Waals surface area contributed by atoms with E-state index in [1.54, 1.807) is 0 Å². The minimum Gasteiger partial charge on any atom is -0.294 e. The van der Waals surface area contributed by atoms with Crippen LogP contribution in [0.5, 0.6) is 0 Å². The van der Waals surface area contributed by atoms with Crippen LogP contribution in [0.2, 0.25) is 0 Å². The summed E-state index contributed by atoms with van der Waals surface area (Å²) in [5, 5.41) is 12.2. The summed E-state index contributed by atoms with van der Waals surface area (Å²) in [6, 6.07) is 0. The Morgan fingerprint density at radius 1 is 0.920 bits per heavy atom. The van der Waals surface area contributed by atoms with Crippen molar-refractivity contribution < 1.29 is 14.8 Å². The van der Waals surface area contributed by atoms with Gasteiger partial charge in [-0.2, -0.15) is 0 Å². The first kappa shape index (κ1) is 18.4. The molecule has 3 aliphatic rings. The van der Waals surface area contributed by atoms with Gasteiger partial charge in [-0.05, 0) is 30.1 Å². The van der Waals surface area contributed by atoms with Gasteiger partial charge in [-0.15, -0.1) is 0 Å². The Bertz CT molecular complexity index is 627. The third-order valence-electron chi connectivity index (χ3n) is 5.85. The number of Topliss-reactive ketones (excluding diaryl/α,β-unsaturated/α-hetero) is 2. The summed E-state index contributed by atoms with van der Waals surface area (Å²) in [6.07, 6.45) is 5.17. The van der Waals surface area contributed by atoms with Gasteiger partial charge in [-0.3, -0.25) is 14.8 Å². The number of hydrogen-bond donors (Lipinski definition) is 1. The molecule has 0 aromatic heterocycles. The van der Waals surface area contributed by atoms with Gasteiger partial charge in [0.05, 0.1) is 11.4 Å². The molecule has 0 bridgehead atoms.